The average molecular weight is 756 g/mol. The molecule has 3 aliphatic heterocycles. The SMILES string of the molecule is C#Cc1c(Cl)ccc2cc(O)cc(-c3c(C(F)(F)F)cc4c(N5CC6CCC(C5)N6)nc(OCC5(CN6CCC7(CC6)CC7(F)F)CC5)nc4c3F)c12. The number of phenols is 1. The first-order valence-corrected chi connectivity index (χ1v) is 18.3. The Balaban J connectivity index is 1.14. The van der Waals surface area contributed by atoms with Crippen LogP contribution in [0.5, 0.6) is 11.8 Å². The third kappa shape index (κ3) is 5.92. The summed E-state index contributed by atoms with van der Waals surface area (Å²) < 4.78 is 96.7. The maximum Gasteiger partial charge on any atom is 0.417 e. The molecule has 1 spiro atoms. The monoisotopic (exact) mass is 755 g/mol. The highest BCUT2D eigenvalue weighted by molar-refractivity contribution is 6.33. The summed E-state index contributed by atoms with van der Waals surface area (Å²) in [5, 5.41) is 14.5. The molecule has 5 fully saturated rings. The summed E-state index contributed by atoms with van der Waals surface area (Å²) in [6, 6.07) is 6.23. The largest absolute Gasteiger partial charge is 0.508 e. The zero-order valence-electron chi connectivity index (χ0n) is 28.6. The van der Waals surface area contributed by atoms with Crippen molar-refractivity contribution in [3.05, 3.63) is 52.3 Å². The Labute approximate surface area is 306 Å². The van der Waals surface area contributed by atoms with Gasteiger partial charge in [0.15, 0.2) is 5.82 Å². The number of piperidine rings is 1. The van der Waals surface area contributed by atoms with E-state index in [1.54, 1.807) is 0 Å². The van der Waals surface area contributed by atoms with Gasteiger partial charge in [-0.3, -0.25) is 0 Å². The number of hydrogen-bond acceptors (Lipinski definition) is 7. The maximum absolute atomic E-state index is 17.2. The van der Waals surface area contributed by atoms with Crippen molar-refractivity contribution in [1.29, 1.82) is 0 Å². The van der Waals surface area contributed by atoms with Gasteiger partial charge in [-0.25, -0.2) is 13.2 Å². The van der Waals surface area contributed by atoms with E-state index in [-0.39, 0.29) is 80.2 Å². The number of anilines is 1. The number of aromatic hydroxyl groups is 1. The summed E-state index contributed by atoms with van der Waals surface area (Å²) in [5.74, 6) is -1.67. The molecule has 4 heterocycles. The molecule has 278 valence electrons. The molecule has 3 aromatic carbocycles. The summed E-state index contributed by atoms with van der Waals surface area (Å²) in [6.07, 6.45) is 5.05. The van der Waals surface area contributed by atoms with E-state index < -0.39 is 40.2 Å². The lowest BCUT2D eigenvalue weighted by Gasteiger charge is -2.35. The molecule has 2 unspecified atom stereocenters. The van der Waals surface area contributed by atoms with E-state index in [9.17, 15) is 13.9 Å². The number of benzene rings is 3. The number of fused-ring (bicyclic) bond motifs is 4. The van der Waals surface area contributed by atoms with E-state index in [2.05, 4.69) is 26.1 Å². The fourth-order valence-corrected chi connectivity index (χ4v) is 9.21. The van der Waals surface area contributed by atoms with Gasteiger partial charge in [0, 0.05) is 65.3 Å². The van der Waals surface area contributed by atoms with Gasteiger partial charge in [-0.05, 0) is 86.8 Å². The molecule has 0 amide bonds. The second kappa shape index (κ2) is 12.0. The highest BCUT2D eigenvalue weighted by Gasteiger charge is 2.70. The summed E-state index contributed by atoms with van der Waals surface area (Å²) >= 11 is 6.39. The predicted octanol–water partition coefficient (Wildman–Crippen LogP) is 8.17. The third-order valence-corrected chi connectivity index (χ3v) is 12.5. The van der Waals surface area contributed by atoms with Crippen LogP contribution in [0, 0.1) is 29.0 Å². The Morgan fingerprint density at radius 3 is 2.36 bits per heavy atom. The van der Waals surface area contributed by atoms with Crippen molar-refractivity contribution in [3.8, 4) is 35.2 Å². The van der Waals surface area contributed by atoms with Gasteiger partial charge in [0.25, 0.3) is 5.92 Å². The normalized spacial score (nSPS) is 24.2. The van der Waals surface area contributed by atoms with Crippen molar-refractivity contribution in [2.75, 3.05) is 44.2 Å². The van der Waals surface area contributed by atoms with Crippen LogP contribution in [0.4, 0.5) is 32.2 Å². The van der Waals surface area contributed by atoms with Crippen LogP contribution < -0.4 is 15.0 Å². The Hall–Kier alpha value is -3.99. The van der Waals surface area contributed by atoms with Gasteiger partial charge in [0.05, 0.1) is 22.8 Å². The molecule has 53 heavy (non-hydrogen) atoms. The number of phenolic OH excluding ortho intramolecular Hbond substituents is 1. The fourth-order valence-electron chi connectivity index (χ4n) is 9.00. The van der Waals surface area contributed by atoms with Crippen LogP contribution in [-0.4, -0.2) is 77.3 Å². The number of aromatic nitrogens is 2. The molecular weight excluding hydrogens is 720 g/mol. The lowest BCUT2D eigenvalue weighted by molar-refractivity contribution is -0.137. The minimum atomic E-state index is -5.03. The van der Waals surface area contributed by atoms with E-state index >= 15 is 17.6 Å². The molecule has 14 heteroatoms. The molecule has 9 rings (SSSR count). The van der Waals surface area contributed by atoms with Crippen molar-refractivity contribution in [1.82, 2.24) is 20.2 Å². The molecule has 7 nitrogen and oxygen atoms in total. The number of hydrogen-bond donors (Lipinski definition) is 2. The highest BCUT2D eigenvalue weighted by atomic mass is 35.5. The smallest absolute Gasteiger partial charge is 0.417 e. The van der Waals surface area contributed by atoms with Crippen molar-refractivity contribution < 1.29 is 36.2 Å². The number of piperazine rings is 1. The first-order chi connectivity index (χ1) is 25.2. The van der Waals surface area contributed by atoms with Gasteiger partial charge in [-0.1, -0.05) is 23.6 Å². The minimum absolute atomic E-state index is 0.0402. The first-order valence-electron chi connectivity index (χ1n) is 18.0. The van der Waals surface area contributed by atoms with E-state index in [0.29, 0.717) is 45.6 Å². The van der Waals surface area contributed by atoms with Crippen LogP contribution in [-0.2, 0) is 6.18 Å². The molecule has 0 radical (unpaired) electrons. The van der Waals surface area contributed by atoms with Gasteiger partial charge < -0.3 is 25.0 Å². The Bertz CT molecular complexity index is 2200. The van der Waals surface area contributed by atoms with Gasteiger partial charge in [-0.2, -0.15) is 23.1 Å². The van der Waals surface area contributed by atoms with Gasteiger partial charge in [0.2, 0.25) is 0 Å². The number of halogens is 7. The summed E-state index contributed by atoms with van der Waals surface area (Å²) in [5.41, 5.74) is -3.82. The lowest BCUT2D eigenvalue weighted by atomic mass is 9.90. The number of rotatable bonds is 7. The fraction of sp³-hybridized carbons (Fsp3) is 0.487. The van der Waals surface area contributed by atoms with Crippen LogP contribution in [0.3, 0.4) is 0 Å². The number of ether oxygens (including phenoxy) is 1. The summed E-state index contributed by atoms with van der Waals surface area (Å²) in [7, 11) is 0. The molecule has 2 N–H and O–H groups in total. The molecule has 3 saturated heterocycles. The summed E-state index contributed by atoms with van der Waals surface area (Å²) in [4.78, 5) is 13.2. The number of terminal acetylenes is 1. The average Bonchev–Trinajstić information content (AvgIpc) is 3.95. The van der Waals surface area contributed by atoms with E-state index in [1.165, 1.54) is 18.2 Å². The number of alkyl halides is 5. The van der Waals surface area contributed by atoms with Crippen molar-refractivity contribution in [2.24, 2.45) is 10.8 Å². The second-order valence-electron chi connectivity index (χ2n) is 15.8. The van der Waals surface area contributed by atoms with Crippen molar-refractivity contribution in [3.63, 3.8) is 0 Å². The van der Waals surface area contributed by atoms with Gasteiger partial charge in [-0.15, -0.1) is 6.42 Å². The van der Waals surface area contributed by atoms with Gasteiger partial charge in [0.1, 0.15) is 17.1 Å². The minimum Gasteiger partial charge on any atom is -0.508 e. The molecule has 2 bridgehead atoms. The highest BCUT2D eigenvalue weighted by Crippen LogP contribution is 2.66. The van der Waals surface area contributed by atoms with Gasteiger partial charge >= 0.3 is 12.2 Å². The predicted molar refractivity (Wildman–Crippen MR) is 189 cm³/mol. The van der Waals surface area contributed by atoms with E-state index in [1.807, 2.05) is 4.90 Å². The zero-order valence-corrected chi connectivity index (χ0v) is 29.4. The van der Waals surface area contributed by atoms with Crippen molar-refractivity contribution in [2.45, 2.75) is 69.1 Å². The van der Waals surface area contributed by atoms with Crippen molar-refractivity contribution >= 4 is 39.1 Å². The Morgan fingerprint density at radius 1 is 1.04 bits per heavy atom. The van der Waals surface area contributed by atoms with Crippen LogP contribution in [0.25, 0.3) is 32.8 Å². The maximum atomic E-state index is 17.2. The van der Waals surface area contributed by atoms with E-state index in [0.717, 1.165) is 37.8 Å². The molecule has 2 atom stereocenters. The first kappa shape index (κ1) is 34.8. The van der Waals surface area contributed by atoms with Crippen LogP contribution in [0.2, 0.25) is 5.02 Å². The van der Waals surface area contributed by atoms with Crippen LogP contribution in [0.15, 0.2) is 30.3 Å². The number of nitrogens with one attached hydrogen (secondary N) is 1. The number of nitrogens with zero attached hydrogens (tertiary/aromatic N) is 4. The molecule has 4 aromatic rings. The molecule has 2 aliphatic carbocycles. The molecule has 2 saturated carbocycles. The Kier molecular flexibility index (Phi) is 7.87. The zero-order chi connectivity index (χ0) is 37.1. The standard InChI is InChI=1S/C39H36ClF6N5O2/c1-2-25-29(40)6-3-21-13-24(52)14-26(30(21)25)31-28(39(44,45)46)15-27-33(32(31)41)48-35(49-34(27)51-16-22-4-5-23(17-51)47-22)53-20-36(7-8-36)19-50-11-9-37(10-12-50)18-38(37,42)43/h1,3,6,13-15,22-23,47,52H,4-5,7-12,16-20H2. The third-order valence-electron chi connectivity index (χ3n) is 12.2. The van der Waals surface area contributed by atoms with Crippen LogP contribution >= 0.6 is 11.6 Å². The molecular formula is C39H36ClF6N5O2. The van der Waals surface area contributed by atoms with Crippen LogP contribution in [0.1, 0.15) is 56.1 Å². The second-order valence-corrected chi connectivity index (χ2v) is 16.2. The molecule has 5 aliphatic rings. The quantitative estimate of drug-likeness (QED) is 0.146. The van der Waals surface area contributed by atoms with E-state index in [4.69, 9.17) is 22.8 Å². The molecule has 1 aromatic heterocycles. The number of likely N-dealkylation sites (tertiary alicyclic amines) is 1. The lowest BCUT2D eigenvalue weighted by Crippen LogP contribution is -2.51. The topological polar surface area (TPSA) is 73.8 Å². The Morgan fingerprint density at radius 2 is 1.74 bits per heavy atom. The summed E-state index contributed by atoms with van der Waals surface area (Å²) in [6.45, 7) is 2.88.